The molecular formula is C10H10Cl2O2. The Balaban J connectivity index is 2.26. The summed E-state index contributed by atoms with van der Waals surface area (Å²) in [6, 6.07) is 9.64. The maximum absolute atomic E-state index is 10.5. The van der Waals surface area contributed by atoms with Crippen LogP contribution in [0.4, 0.5) is 0 Å². The molecule has 0 amide bonds. The molecule has 2 nitrogen and oxygen atoms in total. The lowest BCUT2D eigenvalue weighted by molar-refractivity contribution is -0.112. The molecule has 14 heavy (non-hydrogen) atoms. The van der Waals surface area contributed by atoms with Crippen molar-refractivity contribution in [2.24, 2.45) is 0 Å². The minimum absolute atomic E-state index is 0.138. The SMILES string of the molecule is O=C(Cl)C(Cl)COCc1ccccc1. The number of carbonyl (C=O) groups excluding carboxylic acids is 1. The van der Waals surface area contributed by atoms with E-state index in [1.807, 2.05) is 30.3 Å². The van der Waals surface area contributed by atoms with Crippen LogP contribution < -0.4 is 0 Å². The van der Waals surface area contributed by atoms with Crippen molar-refractivity contribution in [2.45, 2.75) is 12.0 Å². The van der Waals surface area contributed by atoms with Crippen LogP contribution in [0.3, 0.4) is 0 Å². The summed E-state index contributed by atoms with van der Waals surface area (Å²) in [6.45, 7) is 0.576. The Bertz CT molecular complexity index is 287. The summed E-state index contributed by atoms with van der Waals surface area (Å²) in [4.78, 5) is 10.5. The molecule has 0 aliphatic heterocycles. The van der Waals surface area contributed by atoms with Crippen LogP contribution in [0.25, 0.3) is 0 Å². The smallest absolute Gasteiger partial charge is 0.241 e. The van der Waals surface area contributed by atoms with Gasteiger partial charge in [0.15, 0.2) is 0 Å². The van der Waals surface area contributed by atoms with Crippen molar-refractivity contribution in [3.05, 3.63) is 35.9 Å². The van der Waals surface area contributed by atoms with Crippen LogP contribution >= 0.6 is 23.2 Å². The molecule has 0 aromatic heterocycles. The number of alkyl halides is 1. The number of halogens is 2. The van der Waals surface area contributed by atoms with Crippen LogP contribution in [0.2, 0.25) is 0 Å². The molecule has 76 valence electrons. The zero-order chi connectivity index (χ0) is 10.4. The summed E-state index contributed by atoms with van der Waals surface area (Å²) in [5, 5.41) is -1.35. The van der Waals surface area contributed by atoms with Gasteiger partial charge in [-0.1, -0.05) is 30.3 Å². The van der Waals surface area contributed by atoms with Crippen LogP contribution in [0.5, 0.6) is 0 Å². The van der Waals surface area contributed by atoms with Gasteiger partial charge in [0.05, 0.1) is 13.2 Å². The summed E-state index contributed by atoms with van der Waals surface area (Å²) in [6.07, 6.45) is 0. The van der Waals surface area contributed by atoms with E-state index in [0.717, 1.165) is 5.56 Å². The summed E-state index contributed by atoms with van der Waals surface area (Å²) >= 11 is 10.7. The number of benzene rings is 1. The van der Waals surface area contributed by atoms with Crippen molar-refractivity contribution in [2.75, 3.05) is 6.61 Å². The summed E-state index contributed by atoms with van der Waals surface area (Å²) in [5.41, 5.74) is 1.04. The van der Waals surface area contributed by atoms with E-state index in [0.29, 0.717) is 6.61 Å². The topological polar surface area (TPSA) is 26.3 Å². The summed E-state index contributed by atoms with van der Waals surface area (Å²) in [5.74, 6) is 0. The minimum atomic E-state index is -0.764. The Kier molecular flexibility index (Phi) is 4.94. The van der Waals surface area contributed by atoms with Crippen LogP contribution in [-0.4, -0.2) is 17.2 Å². The van der Waals surface area contributed by atoms with Gasteiger partial charge in [0.2, 0.25) is 5.24 Å². The Hall–Kier alpha value is -0.570. The molecule has 0 radical (unpaired) electrons. The van der Waals surface area contributed by atoms with Crippen molar-refractivity contribution >= 4 is 28.4 Å². The number of ether oxygens (including phenoxy) is 1. The standard InChI is InChI=1S/C10H10Cl2O2/c11-9(10(12)13)7-14-6-8-4-2-1-3-5-8/h1-5,9H,6-7H2. The van der Waals surface area contributed by atoms with E-state index in [9.17, 15) is 4.79 Å². The Morgan fingerprint density at radius 2 is 2.00 bits per heavy atom. The van der Waals surface area contributed by atoms with Gasteiger partial charge in [-0.05, 0) is 17.2 Å². The van der Waals surface area contributed by atoms with E-state index in [1.165, 1.54) is 0 Å². The van der Waals surface area contributed by atoms with Crippen molar-refractivity contribution in [3.63, 3.8) is 0 Å². The van der Waals surface area contributed by atoms with E-state index in [2.05, 4.69) is 0 Å². The van der Waals surface area contributed by atoms with Crippen LogP contribution in [-0.2, 0) is 16.1 Å². The molecule has 1 atom stereocenters. The second-order valence-corrected chi connectivity index (χ2v) is 3.67. The molecule has 0 saturated heterocycles. The fourth-order valence-corrected chi connectivity index (χ4v) is 1.07. The maximum Gasteiger partial charge on any atom is 0.241 e. The molecule has 0 bridgehead atoms. The van der Waals surface area contributed by atoms with Gasteiger partial charge in [-0.3, -0.25) is 4.79 Å². The first-order valence-electron chi connectivity index (χ1n) is 4.15. The average molecular weight is 233 g/mol. The van der Waals surface area contributed by atoms with Crippen LogP contribution in [0.1, 0.15) is 5.56 Å². The highest BCUT2D eigenvalue weighted by Crippen LogP contribution is 2.05. The number of rotatable bonds is 5. The molecule has 0 heterocycles. The van der Waals surface area contributed by atoms with Crippen molar-refractivity contribution in [1.82, 2.24) is 0 Å². The first kappa shape index (κ1) is 11.5. The lowest BCUT2D eigenvalue weighted by Crippen LogP contribution is -2.15. The molecule has 0 aliphatic carbocycles. The maximum atomic E-state index is 10.5. The Morgan fingerprint density at radius 3 is 2.57 bits per heavy atom. The van der Waals surface area contributed by atoms with E-state index in [4.69, 9.17) is 27.9 Å². The zero-order valence-electron chi connectivity index (χ0n) is 7.45. The molecule has 0 N–H and O–H groups in total. The van der Waals surface area contributed by atoms with Gasteiger partial charge in [-0.15, -0.1) is 11.6 Å². The van der Waals surface area contributed by atoms with E-state index in [-0.39, 0.29) is 6.61 Å². The molecule has 0 aliphatic rings. The predicted octanol–water partition coefficient (Wildman–Crippen LogP) is 2.58. The van der Waals surface area contributed by atoms with Crippen molar-refractivity contribution in [3.8, 4) is 0 Å². The van der Waals surface area contributed by atoms with Crippen LogP contribution in [0.15, 0.2) is 30.3 Å². The number of hydrogen-bond donors (Lipinski definition) is 0. The molecule has 1 rings (SSSR count). The van der Waals surface area contributed by atoms with E-state index < -0.39 is 10.6 Å². The van der Waals surface area contributed by atoms with Crippen molar-refractivity contribution in [1.29, 1.82) is 0 Å². The van der Waals surface area contributed by atoms with Gasteiger partial charge in [-0.2, -0.15) is 0 Å². The lowest BCUT2D eigenvalue weighted by atomic mass is 10.2. The minimum Gasteiger partial charge on any atom is -0.375 e. The van der Waals surface area contributed by atoms with Gasteiger partial charge >= 0.3 is 0 Å². The highest BCUT2D eigenvalue weighted by molar-refractivity contribution is 6.69. The third-order valence-electron chi connectivity index (χ3n) is 1.62. The first-order valence-corrected chi connectivity index (χ1v) is 4.96. The normalized spacial score (nSPS) is 12.4. The fraction of sp³-hybridized carbons (Fsp3) is 0.300. The molecular weight excluding hydrogens is 223 g/mol. The molecule has 4 heteroatoms. The average Bonchev–Trinajstić information content (AvgIpc) is 2.19. The zero-order valence-corrected chi connectivity index (χ0v) is 8.96. The number of hydrogen-bond acceptors (Lipinski definition) is 2. The highest BCUT2D eigenvalue weighted by atomic mass is 35.5. The van der Waals surface area contributed by atoms with Crippen LogP contribution in [0, 0.1) is 0 Å². The Labute approximate surface area is 92.8 Å². The van der Waals surface area contributed by atoms with E-state index in [1.54, 1.807) is 0 Å². The van der Waals surface area contributed by atoms with Gasteiger partial charge in [0, 0.05) is 0 Å². The third-order valence-corrected chi connectivity index (χ3v) is 2.32. The fourth-order valence-electron chi connectivity index (χ4n) is 0.920. The van der Waals surface area contributed by atoms with Gasteiger partial charge < -0.3 is 4.74 Å². The van der Waals surface area contributed by atoms with Gasteiger partial charge in [0.1, 0.15) is 5.38 Å². The first-order chi connectivity index (χ1) is 6.70. The Morgan fingerprint density at radius 1 is 1.36 bits per heavy atom. The largest absolute Gasteiger partial charge is 0.375 e. The quantitative estimate of drug-likeness (QED) is 0.577. The molecule has 0 fully saturated rings. The second kappa shape index (κ2) is 6.02. The molecule has 1 unspecified atom stereocenters. The van der Waals surface area contributed by atoms with Gasteiger partial charge in [-0.25, -0.2) is 0 Å². The van der Waals surface area contributed by atoms with Crippen molar-refractivity contribution < 1.29 is 9.53 Å². The predicted molar refractivity (Wildman–Crippen MR) is 56.6 cm³/mol. The highest BCUT2D eigenvalue weighted by Gasteiger charge is 2.11. The monoisotopic (exact) mass is 232 g/mol. The summed E-state index contributed by atoms with van der Waals surface area (Å²) < 4.78 is 5.21. The van der Waals surface area contributed by atoms with E-state index >= 15 is 0 Å². The molecule has 1 aromatic rings. The number of carbonyl (C=O) groups is 1. The molecule has 0 saturated carbocycles. The lowest BCUT2D eigenvalue weighted by Gasteiger charge is -2.05. The third kappa shape index (κ3) is 4.09. The second-order valence-electron chi connectivity index (χ2n) is 2.77. The summed E-state index contributed by atoms with van der Waals surface area (Å²) in [7, 11) is 0. The molecule has 1 aromatic carbocycles. The molecule has 0 spiro atoms. The van der Waals surface area contributed by atoms with Gasteiger partial charge in [0.25, 0.3) is 0 Å².